The third-order valence-corrected chi connectivity index (χ3v) is 2.63. The summed E-state index contributed by atoms with van der Waals surface area (Å²) in [6.07, 6.45) is 2.08. The molecule has 1 aliphatic rings. The third-order valence-electron chi connectivity index (χ3n) is 2.63. The van der Waals surface area contributed by atoms with E-state index < -0.39 is 0 Å². The molecule has 2 heterocycles. The molecule has 0 N–H and O–H groups in total. The molecule has 1 unspecified atom stereocenters. The molecule has 0 radical (unpaired) electrons. The maximum atomic E-state index is 5.64. The van der Waals surface area contributed by atoms with E-state index in [1.54, 1.807) is 6.20 Å². The molecule has 1 aromatic carbocycles. The summed E-state index contributed by atoms with van der Waals surface area (Å²) >= 11 is 0. The first-order valence-corrected chi connectivity index (χ1v) is 5.68. The Balaban J connectivity index is 1.78. The van der Waals surface area contributed by atoms with Gasteiger partial charge in [-0.2, -0.15) is 0 Å². The highest BCUT2D eigenvalue weighted by Crippen LogP contribution is 2.22. The molecule has 1 aromatic heterocycles. The normalized spacial score (nSPS) is 17.8. The topological polar surface area (TPSA) is 34.6 Å². The van der Waals surface area contributed by atoms with Crippen molar-refractivity contribution in [1.82, 2.24) is 4.98 Å². The molecular formula is C14H13NO2. The molecule has 0 spiro atoms. The molecule has 0 amide bonds. The van der Waals surface area contributed by atoms with E-state index in [1.165, 1.54) is 0 Å². The highest BCUT2D eigenvalue weighted by atomic mass is 16.6. The fourth-order valence-corrected chi connectivity index (χ4v) is 1.63. The quantitative estimate of drug-likeness (QED) is 0.753. The number of hydrogen-bond donors (Lipinski definition) is 0. The molecule has 17 heavy (non-hydrogen) atoms. The van der Waals surface area contributed by atoms with E-state index in [4.69, 9.17) is 9.47 Å². The predicted octanol–water partition coefficient (Wildman–Crippen LogP) is 2.53. The van der Waals surface area contributed by atoms with E-state index in [0.29, 0.717) is 6.61 Å². The zero-order valence-electron chi connectivity index (χ0n) is 9.37. The smallest absolute Gasteiger partial charge is 0.120 e. The van der Waals surface area contributed by atoms with Crippen LogP contribution in [0.25, 0.3) is 11.3 Å². The second-order valence-electron chi connectivity index (χ2n) is 4.01. The fourth-order valence-electron chi connectivity index (χ4n) is 1.63. The molecule has 86 valence electrons. The molecule has 1 aliphatic heterocycles. The van der Waals surface area contributed by atoms with Crippen LogP contribution in [-0.4, -0.2) is 24.3 Å². The molecule has 1 saturated heterocycles. The van der Waals surface area contributed by atoms with Crippen LogP contribution in [0.3, 0.4) is 0 Å². The zero-order valence-corrected chi connectivity index (χ0v) is 9.37. The van der Waals surface area contributed by atoms with E-state index in [1.807, 2.05) is 42.5 Å². The molecule has 1 atom stereocenters. The number of benzene rings is 1. The summed E-state index contributed by atoms with van der Waals surface area (Å²) < 4.78 is 10.7. The Hall–Kier alpha value is -1.87. The van der Waals surface area contributed by atoms with Crippen molar-refractivity contribution >= 4 is 0 Å². The van der Waals surface area contributed by atoms with Crippen LogP contribution < -0.4 is 4.74 Å². The van der Waals surface area contributed by atoms with Crippen LogP contribution >= 0.6 is 0 Å². The molecule has 3 nitrogen and oxygen atoms in total. The van der Waals surface area contributed by atoms with E-state index in [0.717, 1.165) is 23.6 Å². The van der Waals surface area contributed by atoms with Crippen molar-refractivity contribution in [3.63, 3.8) is 0 Å². The summed E-state index contributed by atoms with van der Waals surface area (Å²) in [5, 5.41) is 0. The number of aromatic nitrogens is 1. The van der Waals surface area contributed by atoms with E-state index in [9.17, 15) is 0 Å². The lowest BCUT2D eigenvalue weighted by atomic mass is 10.1. The summed E-state index contributed by atoms with van der Waals surface area (Å²) in [7, 11) is 0. The average molecular weight is 227 g/mol. The Morgan fingerprint density at radius 1 is 1.24 bits per heavy atom. The van der Waals surface area contributed by atoms with Gasteiger partial charge < -0.3 is 9.47 Å². The molecule has 0 bridgehead atoms. The van der Waals surface area contributed by atoms with Crippen molar-refractivity contribution in [3.8, 4) is 17.0 Å². The van der Waals surface area contributed by atoms with Crippen molar-refractivity contribution in [2.45, 2.75) is 6.10 Å². The Labute approximate surface area is 100 Å². The largest absolute Gasteiger partial charge is 0.491 e. The Morgan fingerprint density at radius 2 is 2.18 bits per heavy atom. The minimum Gasteiger partial charge on any atom is -0.491 e. The molecule has 3 rings (SSSR count). The number of rotatable bonds is 4. The average Bonchev–Trinajstić information content (AvgIpc) is 3.22. The Kier molecular flexibility index (Phi) is 2.76. The second-order valence-corrected chi connectivity index (χ2v) is 4.01. The van der Waals surface area contributed by atoms with Gasteiger partial charge in [-0.05, 0) is 24.3 Å². The first-order valence-electron chi connectivity index (χ1n) is 5.68. The van der Waals surface area contributed by atoms with Crippen LogP contribution in [0.4, 0.5) is 0 Å². The van der Waals surface area contributed by atoms with Gasteiger partial charge in [-0.1, -0.05) is 18.2 Å². The lowest BCUT2D eigenvalue weighted by molar-refractivity contribution is 0.263. The first-order chi connectivity index (χ1) is 8.42. The maximum absolute atomic E-state index is 5.64. The van der Waals surface area contributed by atoms with Gasteiger partial charge in [-0.25, -0.2) is 0 Å². The highest BCUT2D eigenvalue weighted by Gasteiger charge is 2.23. The van der Waals surface area contributed by atoms with Crippen molar-refractivity contribution in [3.05, 3.63) is 48.7 Å². The van der Waals surface area contributed by atoms with Gasteiger partial charge in [-0.15, -0.1) is 0 Å². The summed E-state index contributed by atoms with van der Waals surface area (Å²) in [6.45, 7) is 1.45. The summed E-state index contributed by atoms with van der Waals surface area (Å²) in [6, 6.07) is 13.8. The van der Waals surface area contributed by atoms with Gasteiger partial charge in [-0.3, -0.25) is 4.98 Å². The van der Waals surface area contributed by atoms with Gasteiger partial charge in [0, 0.05) is 11.8 Å². The third kappa shape index (κ3) is 2.63. The van der Waals surface area contributed by atoms with Crippen molar-refractivity contribution in [2.24, 2.45) is 0 Å². The summed E-state index contributed by atoms with van der Waals surface area (Å²) in [4.78, 5) is 4.32. The molecule has 2 aromatic rings. The van der Waals surface area contributed by atoms with Crippen molar-refractivity contribution in [2.75, 3.05) is 13.2 Å². The van der Waals surface area contributed by atoms with Crippen LogP contribution in [0, 0.1) is 0 Å². The minimum absolute atomic E-state index is 0.286. The molecule has 3 heteroatoms. The molecule has 1 fully saturated rings. The van der Waals surface area contributed by atoms with Gasteiger partial charge in [0.2, 0.25) is 0 Å². The van der Waals surface area contributed by atoms with Crippen molar-refractivity contribution < 1.29 is 9.47 Å². The van der Waals surface area contributed by atoms with Gasteiger partial charge in [0.1, 0.15) is 18.5 Å². The minimum atomic E-state index is 0.286. The number of nitrogens with zero attached hydrogens (tertiary/aromatic N) is 1. The van der Waals surface area contributed by atoms with Crippen LogP contribution in [0.5, 0.6) is 5.75 Å². The van der Waals surface area contributed by atoms with Gasteiger partial charge >= 0.3 is 0 Å². The zero-order chi connectivity index (χ0) is 11.5. The van der Waals surface area contributed by atoms with Gasteiger partial charge in [0.15, 0.2) is 0 Å². The predicted molar refractivity (Wildman–Crippen MR) is 64.9 cm³/mol. The van der Waals surface area contributed by atoms with Crippen LogP contribution in [0.2, 0.25) is 0 Å². The monoisotopic (exact) mass is 227 g/mol. The molecule has 0 saturated carbocycles. The summed E-state index contributed by atoms with van der Waals surface area (Å²) in [5.41, 5.74) is 2.03. The number of ether oxygens (including phenoxy) is 2. The Morgan fingerprint density at radius 3 is 2.94 bits per heavy atom. The standard InChI is InChI=1S/C14H13NO2/c1-2-7-15-14(6-1)11-4-3-5-12(8-11)16-9-13-10-17-13/h1-8,13H,9-10H2. The molecule has 0 aliphatic carbocycles. The molecular weight excluding hydrogens is 214 g/mol. The van der Waals surface area contributed by atoms with Crippen molar-refractivity contribution in [1.29, 1.82) is 0 Å². The fraction of sp³-hybridized carbons (Fsp3) is 0.214. The Bertz CT molecular complexity index is 495. The summed E-state index contributed by atoms with van der Waals surface area (Å²) in [5.74, 6) is 0.864. The number of hydrogen-bond acceptors (Lipinski definition) is 3. The van der Waals surface area contributed by atoms with E-state index in [-0.39, 0.29) is 6.10 Å². The first kappa shape index (κ1) is 10.3. The number of pyridine rings is 1. The number of epoxide rings is 1. The lowest BCUT2D eigenvalue weighted by Crippen LogP contribution is -2.03. The van der Waals surface area contributed by atoms with Gasteiger partial charge in [0.05, 0.1) is 12.3 Å². The maximum Gasteiger partial charge on any atom is 0.120 e. The highest BCUT2D eigenvalue weighted by molar-refractivity contribution is 5.60. The SMILES string of the molecule is c1ccc(-c2cccc(OCC3CO3)c2)nc1. The van der Waals surface area contributed by atoms with Crippen LogP contribution in [-0.2, 0) is 4.74 Å². The van der Waals surface area contributed by atoms with E-state index in [2.05, 4.69) is 4.98 Å². The van der Waals surface area contributed by atoms with Crippen LogP contribution in [0.1, 0.15) is 0 Å². The van der Waals surface area contributed by atoms with E-state index >= 15 is 0 Å². The van der Waals surface area contributed by atoms with Crippen LogP contribution in [0.15, 0.2) is 48.7 Å². The second kappa shape index (κ2) is 4.55. The van der Waals surface area contributed by atoms with Gasteiger partial charge in [0.25, 0.3) is 0 Å². The lowest BCUT2D eigenvalue weighted by Gasteiger charge is -2.06.